The number of piperidine rings is 1. The Balaban J connectivity index is 1.52. The highest BCUT2D eigenvalue weighted by molar-refractivity contribution is 6.02. The van der Waals surface area contributed by atoms with Gasteiger partial charge in [0, 0.05) is 54.8 Å². The van der Waals surface area contributed by atoms with Crippen LogP contribution in [0.3, 0.4) is 0 Å². The van der Waals surface area contributed by atoms with Crippen molar-refractivity contribution in [3.05, 3.63) is 70.9 Å². The number of hydrogen-bond donors (Lipinski definition) is 1. The molecule has 0 spiro atoms. The van der Waals surface area contributed by atoms with E-state index in [1.54, 1.807) is 11.0 Å². The van der Waals surface area contributed by atoms with Crippen LogP contribution in [0.2, 0.25) is 0 Å². The number of anilines is 1. The van der Waals surface area contributed by atoms with Crippen LogP contribution >= 0.6 is 0 Å². The van der Waals surface area contributed by atoms with Gasteiger partial charge >= 0.3 is 6.18 Å². The van der Waals surface area contributed by atoms with Gasteiger partial charge < -0.3 is 10.2 Å². The Kier molecular flexibility index (Phi) is 8.43. The molecule has 2 fully saturated rings. The van der Waals surface area contributed by atoms with Gasteiger partial charge in [-0.05, 0) is 67.7 Å². The molecule has 1 aliphatic heterocycles. The molecule has 0 atom stereocenters. The molecule has 2 aromatic carbocycles. The Morgan fingerprint density at radius 1 is 1.05 bits per heavy atom. The zero-order valence-electron chi connectivity index (χ0n) is 22.9. The molecule has 3 aromatic rings. The van der Waals surface area contributed by atoms with Gasteiger partial charge in [-0.15, -0.1) is 0 Å². The number of amides is 1. The molecule has 1 saturated heterocycles. The summed E-state index contributed by atoms with van der Waals surface area (Å²) in [5.74, 6) is 0.163. The monoisotopic (exact) mass is 551 g/mol. The molecule has 1 aromatic heterocycles. The minimum absolute atomic E-state index is 0.000760. The molecule has 1 amide bonds. The van der Waals surface area contributed by atoms with Gasteiger partial charge in [0.25, 0.3) is 0 Å². The second kappa shape index (κ2) is 12.0. The van der Waals surface area contributed by atoms with Gasteiger partial charge in [0.2, 0.25) is 5.91 Å². The van der Waals surface area contributed by atoms with Crippen LogP contribution in [-0.2, 0) is 17.4 Å². The average Bonchev–Trinajstić information content (AvgIpc) is 3.77. The third-order valence-corrected chi connectivity index (χ3v) is 8.13. The number of nitrogens with one attached hydrogen (secondary N) is 1. The van der Waals surface area contributed by atoms with Crippen LogP contribution in [-0.4, -0.2) is 36.3 Å². The number of carbonyl (C=O) groups is 2. The third kappa shape index (κ3) is 6.48. The van der Waals surface area contributed by atoms with Gasteiger partial charge in [-0.3, -0.25) is 14.6 Å². The smallest absolute Gasteiger partial charge is 0.371 e. The SMILES string of the molecule is CCCCNC(=O)C1CCN(c2cc3c(Cc4ccccc4)c(C(=O)CC4CC4)cnc3cc2C(F)(F)F)CC1. The zero-order valence-corrected chi connectivity index (χ0v) is 22.9. The van der Waals surface area contributed by atoms with Crippen LogP contribution in [0.5, 0.6) is 0 Å². The van der Waals surface area contributed by atoms with Crippen molar-refractivity contribution in [1.82, 2.24) is 10.3 Å². The number of carbonyl (C=O) groups excluding carboxylic acids is 2. The van der Waals surface area contributed by atoms with Crippen molar-refractivity contribution in [3.8, 4) is 0 Å². The van der Waals surface area contributed by atoms with E-state index in [9.17, 15) is 22.8 Å². The molecule has 5 nitrogen and oxygen atoms in total. The summed E-state index contributed by atoms with van der Waals surface area (Å²) in [5, 5.41) is 3.53. The molecule has 2 aliphatic rings. The van der Waals surface area contributed by atoms with Crippen molar-refractivity contribution in [2.75, 3.05) is 24.5 Å². The van der Waals surface area contributed by atoms with Crippen LogP contribution in [0.15, 0.2) is 48.7 Å². The molecule has 1 aliphatic carbocycles. The number of pyridine rings is 1. The molecule has 2 heterocycles. The van der Waals surface area contributed by atoms with Gasteiger partial charge in [-0.2, -0.15) is 13.2 Å². The second-order valence-corrected chi connectivity index (χ2v) is 11.2. The number of aromatic nitrogens is 1. The number of nitrogens with zero attached hydrogens (tertiary/aromatic N) is 2. The Bertz CT molecular complexity index is 1360. The molecular weight excluding hydrogens is 515 g/mol. The largest absolute Gasteiger partial charge is 0.418 e. The van der Waals surface area contributed by atoms with Crippen LogP contribution < -0.4 is 10.2 Å². The van der Waals surface area contributed by atoms with Crippen LogP contribution in [0.1, 0.15) is 78.9 Å². The summed E-state index contributed by atoms with van der Waals surface area (Å²) < 4.78 is 43.0. The third-order valence-electron chi connectivity index (χ3n) is 8.13. The first-order chi connectivity index (χ1) is 19.2. The average molecular weight is 552 g/mol. The van der Waals surface area contributed by atoms with E-state index in [1.165, 1.54) is 6.20 Å². The number of rotatable bonds is 10. The van der Waals surface area contributed by atoms with Gasteiger partial charge in [-0.25, -0.2) is 0 Å². The summed E-state index contributed by atoms with van der Waals surface area (Å²) in [6.07, 6.45) is 2.70. The number of alkyl halides is 3. The highest BCUT2D eigenvalue weighted by atomic mass is 19.4. The number of halogens is 3. The Hall–Kier alpha value is -3.42. The van der Waals surface area contributed by atoms with E-state index in [1.807, 2.05) is 30.3 Å². The highest BCUT2D eigenvalue weighted by Gasteiger charge is 2.37. The summed E-state index contributed by atoms with van der Waals surface area (Å²) in [4.78, 5) is 32.0. The molecule has 1 saturated carbocycles. The quantitative estimate of drug-likeness (QED) is 0.219. The highest BCUT2D eigenvalue weighted by Crippen LogP contribution is 2.42. The molecule has 40 heavy (non-hydrogen) atoms. The predicted octanol–water partition coefficient (Wildman–Crippen LogP) is 6.96. The molecule has 0 radical (unpaired) electrons. The lowest BCUT2D eigenvalue weighted by Crippen LogP contribution is -2.41. The van der Waals surface area contributed by atoms with Crippen molar-refractivity contribution >= 4 is 28.3 Å². The molecule has 5 rings (SSSR count). The maximum atomic E-state index is 14.3. The van der Waals surface area contributed by atoms with Crippen molar-refractivity contribution < 1.29 is 22.8 Å². The predicted molar refractivity (Wildman–Crippen MR) is 151 cm³/mol. The van der Waals surface area contributed by atoms with E-state index in [2.05, 4.69) is 17.2 Å². The van der Waals surface area contributed by atoms with Crippen LogP contribution in [0.4, 0.5) is 18.9 Å². The number of benzene rings is 2. The van der Waals surface area contributed by atoms with E-state index in [4.69, 9.17) is 0 Å². The van der Waals surface area contributed by atoms with Crippen molar-refractivity contribution in [3.63, 3.8) is 0 Å². The molecule has 0 unspecified atom stereocenters. The number of fused-ring (bicyclic) bond motifs is 1. The lowest BCUT2D eigenvalue weighted by molar-refractivity contribution is -0.137. The zero-order chi connectivity index (χ0) is 28.3. The summed E-state index contributed by atoms with van der Waals surface area (Å²) in [7, 11) is 0. The fraction of sp³-hybridized carbons (Fsp3) is 0.469. The lowest BCUT2D eigenvalue weighted by atomic mass is 9.91. The fourth-order valence-electron chi connectivity index (χ4n) is 5.61. The molecular formula is C32H36F3N3O2. The van der Waals surface area contributed by atoms with Gasteiger partial charge in [0.1, 0.15) is 0 Å². The number of unbranched alkanes of at least 4 members (excludes halogenated alkanes) is 1. The molecule has 0 bridgehead atoms. The maximum absolute atomic E-state index is 14.3. The van der Waals surface area contributed by atoms with E-state index < -0.39 is 11.7 Å². The van der Waals surface area contributed by atoms with E-state index in [0.717, 1.165) is 42.9 Å². The van der Waals surface area contributed by atoms with E-state index in [-0.39, 0.29) is 28.8 Å². The lowest BCUT2D eigenvalue weighted by Gasteiger charge is -2.35. The molecule has 212 valence electrons. The summed E-state index contributed by atoms with van der Waals surface area (Å²) >= 11 is 0. The summed E-state index contributed by atoms with van der Waals surface area (Å²) in [6, 6.07) is 12.4. The first kappa shape index (κ1) is 28.1. The minimum Gasteiger partial charge on any atom is -0.371 e. The van der Waals surface area contributed by atoms with Gasteiger partial charge in [0.15, 0.2) is 5.78 Å². The fourth-order valence-corrected chi connectivity index (χ4v) is 5.61. The minimum atomic E-state index is -4.57. The van der Waals surface area contributed by atoms with Gasteiger partial charge in [0.05, 0.1) is 11.1 Å². The number of ketones is 1. The van der Waals surface area contributed by atoms with Crippen molar-refractivity contribution in [1.29, 1.82) is 0 Å². The number of Topliss-reactive ketones (excluding diaryl/α,β-unsaturated/α-hetero) is 1. The second-order valence-electron chi connectivity index (χ2n) is 11.2. The maximum Gasteiger partial charge on any atom is 0.418 e. The van der Waals surface area contributed by atoms with Crippen molar-refractivity contribution in [2.45, 2.75) is 64.5 Å². The molecule has 8 heteroatoms. The standard InChI is InChI=1S/C32H36F3N3O2/c1-2-3-13-36-31(40)23-11-14-38(15-12-23)29-18-25-24(16-21-7-5-4-6-8-21)26(30(39)17-22-9-10-22)20-37-28(25)19-27(29)32(33,34)35/h4-8,18-20,22-23H,2-3,9-17H2,1H3,(H,36,40). The van der Waals surface area contributed by atoms with E-state index >= 15 is 0 Å². The topological polar surface area (TPSA) is 62.3 Å². The molecule has 1 N–H and O–H groups in total. The summed E-state index contributed by atoms with van der Waals surface area (Å²) in [5.41, 5.74) is 1.79. The first-order valence-corrected chi connectivity index (χ1v) is 14.4. The Labute approximate surface area is 233 Å². The Morgan fingerprint density at radius 2 is 1.77 bits per heavy atom. The van der Waals surface area contributed by atoms with Crippen molar-refractivity contribution in [2.24, 2.45) is 11.8 Å². The normalized spacial score (nSPS) is 16.4. The summed E-state index contributed by atoms with van der Waals surface area (Å²) in [6.45, 7) is 3.38. The van der Waals surface area contributed by atoms with Gasteiger partial charge in [-0.1, -0.05) is 43.7 Å². The number of hydrogen-bond acceptors (Lipinski definition) is 4. The Morgan fingerprint density at radius 3 is 2.42 bits per heavy atom. The van der Waals surface area contributed by atoms with Crippen LogP contribution in [0, 0.1) is 11.8 Å². The van der Waals surface area contributed by atoms with E-state index in [0.29, 0.717) is 62.2 Å². The van der Waals surface area contributed by atoms with Crippen LogP contribution in [0.25, 0.3) is 10.9 Å². The first-order valence-electron chi connectivity index (χ1n) is 14.4.